The molecule has 0 radical (unpaired) electrons. The average Bonchev–Trinajstić information content (AvgIpc) is 3.15. The van der Waals surface area contributed by atoms with E-state index in [0.29, 0.717) is 6.54 Å². The molecule has 1 saturated heterocycles. The molecule has 1 aromatic rings. The van der Waals surface area contributed by atoms with Crippen LogP contribution in [0.2, 0.25) is 0 Å². The highest BCUT2D eigenvalue weighted by atomic mass is 127. The molecule has 2 heterocycles. The number of nitrogens with zero attached hydrogens (tertiary/aromatic N) is 3. The van der Waals surface area contributed by atoms with Crippen LogP contribution < -0.4 is 10.6 Å². The van der Waals surface area contributed by atoms with Gasteiger partial charge in [0.05, 0.1) is 12.2 Å². The third kappa shape index (κ3) is 7.65. The number of aromatic nitrogens is 1. The molecule has 24 heavy (non-hydrogen) atoms. The molecule has 1 aromatic heterocycles. The topological polar surface area (TPSA) is 52.6 Å². The van der Waals surface area contributed by atoms with Gasteiger partial charge in [-0.1, -0.05) is 0 Å². The van der Waals surface area contributed by atoms with Crippen molar-refractivity contribution in [3.05, 3.63) is 15.6 Å². The predicted octanol–water partition coefficient (Wildman–Crippen LogP) is 3.31. The van der Waals surface area contributed by atoms with Crippen molar-refractivity contribution in [3.63, 3.8) is 0 Å². The van der Waals surface area contributed by atoms with Crippen LogP contribution in [0.15, 0.2) is 4.99 Å². The zero-order chi connectivity index (χ0) is 16.5. The summed E-state index contributed by atoms with van der Waals surface area (Å²) in [5.74, 6) is 0.902. The van der Waals surface area contributed by atoms with Crippen molar-refractivity contribution in [1.29, 1.82) is 0 Å². The lowest BCUT2D eigenvalue weighted by Gasteiger charge is -2.15. The van der Waals surface area contributed by atoms with Crippen LogP contribution in [-0.4, -0.2) is 48.6 Å². The number of thiazole rings is 1. The van der Waals surface area contributed by atoms with E-state index in [1.54, 1.807) is 11.3 Å². The van der Waals surface area contributed by atoms with Crippen molar-refractivity contribution in [3.8, 4) is 0 Å². The highest BCUT2D eigenvalue weighted by Gasteiger charge is 2.10. The minimum atomic E-state index is 0. The standard InChI is InChI=1S/C17H31N5S.HI/c1-4-18-17(20-13-16-21-14(2)15(3)23-16)19-9-5-6-10-22-11-7-8-12-22;/h4-13H2,1-3H3,(H2,18,19,20);1H. The van der Waals surface area contributed by atoms with Gasteiger partial charge in [0, 0.05) is 18.0 Å². The van der Waals surface area contributed by atoms with E-state index >= 15 is 0 Å². The van der Waals surface area contributed by atoms with Crippen LogP contribution in [0.25, 0.3) is 0 Å². The Bertz CT molecular complexity index is 478. The zero-order valence-corrected chi connectivity index (χ0v) is 18.4. The Morgan fingerprint density at radius 1 is 1.21 bits per heavy atom. The fraction of sp³-hybridized carbons (Fsp3) is 0.765. The normalized spacial score (nSPS) is 15.4. The zero-order valence-electron chi connectivity index (χ0n) is 15.2. The number of nitrogens with one attached hydrogen (secondary N) is 2. The van der Waals surface area contributed by atoms with E-state index < -0.39 is 0 Å². The molecule has 0 amide bonds. The summed E-state index contributed by atoms with van der Waals surface area (Å²) in [6, 6.07) is 0. The number of guanidine groups is 1. The number of hydrogen-bond donors (Lipinski definition) is 2. The monoisotopic (exact) mass is 465 g/mol. The molecule has 0 saturated carbocycles. The van der Waals surface area contributed by atoms with Crippen LogP contribution in [0.4, 0.5) is 0 Å². The summed E-state index contributed by atoms with van der Waals surface area (Å²) in [5, 5.41) is 7.84. The first kappa shape index (κ1) is 21.6. The summed E-state index contributed by atoms with van der Waals surface area (Å²) in [5.41, 5.74) is 1.13. The Morgan fingerprint density at radius 3 is 2.58 bits per heavy atom. The Labute approximate surface area is 167 Å². The van der Waals surface area contributed by atoms with Crippen LogP contribution in [0.5, 0.6) is 0 Å². The summed E-state index contributed by atoms with van der Waals surface area (Å²) < 4.78 is 0. The van der Waals surface area contributed by atoms with Gasteiger partial charge in [-0.05, 0) is 66.1 Å². The minimum absolute atomic E-state index is 0. The Kier molecular flexibility index (Phi) is 10.8. The van der Waals surface area contributed by atoms with E-state index in [1.165, 1.54) is 50.2 Å². The van der Waals surface area contributed by atoms with Gasteiger partial charge >= 0.3 is 0 Å². The quantitative estimate of drug-likeness (QED) is 0.268. The van der Waals surface area contributed by atoms with Gasteiger partial charge in [-0.3, -0.25) is 0 Å². The highest BCUT2D eigenvalue weighted by molar-refractivity contribution is 14.0. The Balaban J connectivity index is 0.00000288. The minimum Gasteiger partial charge on any atom is -0.357 e. The maximum absolute atomic E-state index is 4.65. The fourth-order valence-electron chi connectivity index (χ4n) is 2.77. The van der Waals surface area contributed by atoms with Gasteiger partial charge in [-0.25, -0.2) is 9.98 Å². The molecule has 1 aliphatic rings. The summed E-state index contributed by atoms with van der Waals surface area (Å²) in [6.45, 7) is 12.6. The van der Waals surface area contributed by atoms with Crippen molar-refractivity contribution in [2.24, 2.45) is 4.99 Å². The molecule has 2 rings (SSSR count). The van der Waals surface area contributed by atoms with E-state index in [-0.39, 0.29) is 24.0 Å². The molecule has 0 spiro atoms. The second-order valence-corrected chi connectivity index (χ2v) is 7.41. The highest BCUT2D eigenvalue weighted by Crippen LogP contribution is 2.16. The van der Waals surface area contributed by atoms with Gasteiger partial charge in [-0.2, -0.15) is 0 Å². The van der Waals surface area contributed by atoms with Gasteiger partial charge in [0.25, 0.3) is 0 Å². The van der Waals surface area contributed by atoms with Gasteiger partial charge in [0.2, 0.25) is 0 Å². The molecule has 138 valence electrons. The van der Waals surface area contributed by atoms with E-state index in [2.05, 4.69) is 46.3 Å². The van der Waals surface area contributed by atoms with Crippen LogP contribution in [0, 0.1) is 13.8 Å². The lowest BCUT2D eigenvalue weighted by Crippen LogP contribution is -2.38. The van der Waals surface area contributed by atoms with Gasteiger partial charge in [-0.15, -0.1) is 35.3 Å². The third-order valence-electron chi connectivity index (χ3n) is 4.18. The molecular weight excluding hydrogens is 433 g/mol. The summed E-state index contributed by atoms with van der Waals surface area (Å²) >= 11 is 1.74. The Hall–Kier alpha value is -0.410. The first-order valence-electron chi connectivity index (χ1n) is 8.86. The molecular formula is C17H32IN5S. The molecule has 1 fully saturated rings. The van der Waals surface area contributed by atoms with Crippen molar-refractivity contribution in [1.82, 2.24) is 20.5 Å². The number of likely N-dealkylation sites (tertiary alicyclic amines) is 1. The molecule has 0 aromatic carbocycles. The van der Waals surface area contributed by atoms with Crippen LogP contribution in [-0.2, 0) is 6.54 Å². The fourth-order valence-corrected chi connectivity index (χ4v) is 3.63. The number of rotatable bonds is 8. The number of halogens is 1. The van der Waals surface area contributed by atoms with Crippen LogP contribution in [0.1, 0.15) is 48.2 Å². The van der Waals surface area contributed by atoms with Crippen LogP contribution >= 0.6 is 35.3 Å². The lowest BCUT2D eigenvalue weighted by molar-refractivity contribution is 0.330. The molecule has 0 atom stereocenters. The van der Waals surface area contributed by atoms with Gasteiger partial charge < -0.3 is 15.5 Å². The molecule has 0 unspecified atom stereocenters. The van der Waals surface area contributed by atoms with Crippen molar-refractivity contribution in [2.45, 2.75) is 53.0 Å². The van der Waals surface area contributed by atoms with Gasteiger partial charge in [0.15, 0.2) is 5.96 Å². The second kappa shape index (κ2) is 12.0. The smallest absolute Gasteiger partial charge is 0.191 e. The largest absolute Gasteiger partial charge is 0.357 e. The van der Waals surface area contributed by atoms with E-state index in [4.69, 9.17) is 0 Å². The number of aryl methyl sites for hydroxylation is 2. The summed E-state index contributed by atoms with van der Waals surface area (Å²) in [7, 11) is 0. The molecule has 2 N–H and O–H groups in total. The number of unbranched alkanes of at least 4 members (excludes halogenated alkanes) is 1. The average molecular weight is 465 g/mol. The second-order valence-electron chi connectivity index (χ2n) is 6.13. The first-order chi connectivity index (χ1) is 11.2. The third-order valence-corrected chi connectivity index (χ3v) is 5.24. The maximum atomic E-state index is 4.65. The first-order valence-corrected chi connectivity index (χ1v) is 9.68. The van der Waals surface area contributed by atoms with Crippen LogP contribution in [0.3, 0.4) is 0 Å². The van der Waals surface area contributed by atoms with Crippen molar-refractivity contribution >= 4 is 41.3 Å². The predicted molar refractivity (Wildman–Crippen MR) is 115 cm³/mol. The maximum Gasteiger partial charge on any atom is 0.191 e. The number of aliphatic imine (C=N–C) groups is 1. The van der Waals surface area contributed by atoms with E-state index in [9.17, 15) is 0 Å². The molecule has 0 bridgehead atoms. The number of hydrogen-bond acceptors (Lipinski definition) is 4. The Morgan fingerprint density at radius 2 is 1.96 bits per heavy atom. The molecule has 0 aliphatic carbocycles. The molecule has 1 aliphatic heterocycles. The SMILES string of the molecule is CCNC(=NCc1nc(C)c(C)s1)NCCCCN1CCCC1.I. The van der Waals surface area contributed by atoms with E-state index in [0.717, 1.165) is 29.8 Å². The molecule has 7 heteroatoms. The van der Waals surface area contributed by atoms with E-state index in [1.807, 2.05) is 0 Å². The summed E-state index contributed by atoms with van der Waals surface area (Å²) in [6.07, 6.45) is 5.21. The van der Waals surface area contributed by atoms with Crippen molar-refractivity contribution < 1.29 is 0 Å². The van der Waals surface area contributed by atoms with Gasteiger partial charge in [0.1, 0.15) is 5.01 Å². The lowest BCUT2D eigenvalue weighted by atomic mass is 10.3. The molecule has 5 nitrogen and oxygen atoms in total. The van der Waals surface area contributed by atoms with Crippen molar-refractivity contribution in [2.75, 3.05) is 32.7 Å². The summed E-state index contributed by atoms with van der Waals surface area (Å²) in [4.78, 5) is 13.1.